The van der Waals surface area contributed by atoms with Crippen LogP contribution in [0.3, 0.4) is 0 Å². The van der Waals surface area contributed by atoms with Crippen LogP contribution in [0.15, 0.2) is 12.2 Å². The van der Waals surface area contributed by atoms with E-state index in [4.69, 9.17) is 30.5 Å². The van der Waals surface area contributed by atoms with Gasteiger partial charge in [-0.15, -0.1) is 6.42 Å². The number of hydrogen-bond acceptors (Lipinski definition) is 5. The first-order valence-corrected chi connectivity index (χ1v) is 4.92. The SMILES string of the molecule is C#CCO[C@@H]1C=C[C@H](OCOC)C(CO)O1. The van der Waals surface area contributed by atoms with E-state index in [9.17, 15) is 0 Å². The Morgan fingerprint density at radius 2 is 2.25 bits per heavy atom. The lowest BCUT2D eigenvalue weighted by atomic mass is 10.1. The highest BCUT2D eigenvalue weighted by Gasteiger charge is 2.27. The third kappa shape index (κ3) is 3.93. The molecule has 0 aliphatic carbocycles. The molecule has 1 aliphatic heterocycles. The lowest BCUT2D eigenvalue weighted by molar-refractivity contribution is -0.195. The van der Waals surface area contributed by atoms with Crippen LogP contribution in [-0.2, 0) is 18.9 Å². The van der Waals surface area contributed by atoms with Crippen molar-refractivity contribution in [3.05, 3.63) is 12.2 Å². The van der Waals surface area contributed by atoms with Gasteiger partial charge in [0.25, 0.3) is 0 Å². The van der Waals surface area contributed by atoms with Crippen LogP contribution in [-0.4, -0.2) is 50.7 Å². The average Bonchev–Trinajstić information content (AvgIpc) is 2.34. The molecule has 0 fully saturated rings. The Morgan fingerprint density at radius 1 is 1.44 bits per heavy atom. The second-order valence-corrected chi connectivity index (χ2v) is 3.16. The first kappa shape index (κ1) is 13.2. The molecule has 0 saturated carbocycles. The molecule has 0 amide bonds. The lowest BCUT2D eigenvalue weighted by Crippen LogP contribution is -2.40. The molecule has 5 nitrogen and oxygen atoms in total. The van der Waals surface area contributed by atoms with Crippen LogP contribution in [0.25, 0.3) is 0 Å². The Hall–Kier alpha value is -0.900. The van der Waals surface area contributed by atoms with Gasteiger partial charge in [0.05, 0.1) is 6.61 Å². The third-order valence-electron chi connectivity index (χ3n) is 2.02. The molecule has 5 heteroatoms. The third-order valence-corrected chi connectivity index (χ3v) is 2.02. The monoisotopic (exact) mass is 228 g/mol. The highest BCUT2D eigenvalue weighted by molar-refractivity contribution is 5.01. The standard InChI is InChI=1S/C11H16O5/c1-3-6-14-11-5-4-9(15-8-13-2)10(7-12)16-11/h1,4-5,9-12H,6-8H2,2H3/t9-,10?,11-/m0/s1. The van der Waals surface area contributed by atoms with Crippen LogP contribution in [0, 0.1) is 12.3 Å². The molecule has 1 heterocycles. The summed E-state index contributed by atoms with van der Waals surface area (Å²) in [5.74, 6) is 2.34. The molecule has 1 rings (SSSR count). The summed E-state index contributed by atoms with van der Waals surface area (Å²) >= 11 is 0. The van der Waals surface area contributed by atoms with Crippen molar-refractivity contribution in [2.24, 2.45) is 0 Å². The normalized spacial score (nSPS) is 28.9. The minimum absolute atomic E-state index is 0.144. The molecule has 0 bridgehead atoms. The fourth-order valence-corrected chi connectivity index (χ4v) is 1.30. The highest BCUT2D eigenvalue weighted by atomic mass is 16.7. The number of aliphatic hydroxyl groups is 1. The van der Waals surface area contributed by atoms with Crippen LogP contribution in [0.4, 0.5) is 0 Å². The Bertz CT molecular complexity index is 258. The summed E-state index contributed by atoms with van der Waals surface area (Å²) in [6.45, 7) is 0.149. The zero-order chi connectivity index (χ0) is 11.8. The summed E-state index contributed by atoms with van der Waals surface area (Å²) in [6.07, 6.45) is 7.19. The van der Waals surface area contributed by atoms with Gasteiger partial charge in [0.2, 0.25) is 0 Å². The van der Waals surface area contributed by atoms with Crippen molar-refractivity contribution in [2.75, 3.05) is 27.1 Å². The minimum atomic E-state index is -0.532. The van der Waals surface area contributed by atoms with E-state index in [1.807, 2.05) is 0 Å². The maximum Gasteiger partial charge on any atom is 0.178 e. The van der Waals surface area contributed by atoms with Gasteiger partial charge in [0.15, 0.2) is 6.29 Å². The molecule has 0 aromatic rings. The van der Waals surface area contributed by atoms with Gasteiger partial charge in [-0.25, -0.2) is 0 Å². The molecular formula is C11H16O5. The van der Waals surface area contributed by atoms with E-state index in [1.165, 1.54) is 7.11 Å². The molecule has 1 N–H and O–H groups in total. The van der Waals surface area contributed by atoms with Crippen LogP contribution in [0.2, 0.25) is 0 Å². The molecule has 90 valence electrons. The van der Waals surface area contributed by atoms with Crippen molar-refractivity contribution in [2.45, 2.75) is 18.5 Å². The van der Waals surface area contributed by atoms with Gasteiger partial charge in [0.1, 0.15) is 25.6 Å². The first-order chi connectivity index (χ1) is 7.81. The molecule has 3 atom stereocenters. The van der Waals surface area contributed by atoms with Crippen LogP contribution < -0.4 is 0 Å². The molecular weight excluding hydrogens is 212 g/mol. The maximum absolute atomic E-state index is 9.13. The number of methoxy groups -OCH3 is 1. The zero-order valence-corrected chi connectivity index (χ0v) is 9.17. The highest BCUT2D eigenvalue weighted by Crippen LogP contribution is 2.16. The van der Waals surface area contributed by atoms with Gasteiger partial charge < -0.3 is 24.1 Å². The first-order valence-electron chi connectivity index (χ1n) is 4.92. The predicted octanol–water partition coefficient (Wildman–Crippen LogP) is -0.101. The summed E-state index contributed by atoms with van der Waals surface area (Å²) in [4.78, 5) is 0. The Labute approximate surface area is 94.9 Å². The van der Waals surface area contributed by atoms with E-state index in [1.54, 1.807) is 12.2 Å². The Morgan fingerprint density at radius 3 is 2.88 bits per heavy atom. The average molecular weight is 228 g/mol. The largest absolute Gasteiger partial charge is 0.394 e. The van der Waals surface area contributed by atoms with E-state index >= 15 is 0 Å². The second kappa shape index (κ2) is 7.39. The molecule has 0 spiro atoms. The summed E-state index contributed by atoms with van der Waals surface area (Å²) in [5.41, 5.74) is 0. The molecule has 0 aromatic heterocycles. The van der Waals surface area contributed by atoms with Crippen LogP contribution in [0.5, 0.6) is 0 Å². The van der Waals surface area contributed by atoms with Gasteiger partial charge in [-0.1, -0.05) is 12.0 Å². The molecule has 16 heavy (non-hydrogen) atoms. The van der Waals surface area contributed by atoms with Crippen LogP contribution >= 0.6 is 0 Å². The fourth-order valence-electron chi connectivity index (χ4n) is 1.30. The van der Waals surface area contributed by atoms with Gasteiger partial charge in [0, 0.05) is 7.11 Å². The molecule has 0 saturated heterocycles. The molecule has 0 aromatic carbocycles. The maximum atomic E-state index is 9.13. The van der Waals surface area contributed by atoms with Crippen molar-refractivity contribution in [1.82, 2.24) is 0 Å². The van der Waals surface area contributed by atoms with Crippen molar-refractivity contribution >= 4 is 0 Å². The summed E-state index contributed by atoms with van der Waals surface area (Å²) in [6, 6.07) is 0. The van der Waals surface area contributed by atoms with Gasteiger partial charge in [-0.2, -0.15) is 0 Å². The summed E-state index contributed by atoms with van der Waals surface area (Å²) in [7, 11) is 1.53. The van der Waals surface area contributed by atoms with Crippen LogP contribution in [0.1, 0.15) is 0 Å². The van der Waals surface area contributed by atoms with E-state index in [0.717, 1.165) is 0 Å². The number of hydrogen-bond donors (Lipinski definition) is 1. The minimum Gasteiger partial charge on any atom is -0.394 e. The Kier molecular flexibility index (Phi) is 6.08. The number of aliphatic hydroxyl groups excluding tert-OH is 1. The number of terminal acetylenes is 1. The fraction of sp³-hybridized carbons (Fsp3) is 0.636. The van der Waals surface area contributed by atoms with Crippen molar-refractivity contribution in [1.29, 1.82) is 0 Å². The van der Waals surface area contributed by atoms with E-state index in [2.05, 4.69) is 5.92 Å². The lowest BCUT2D eigenvalue weighted by Gasteiger charge is -2.30. The zero-order valence-electron chi connectivity index (χ0n) is 9.17. The molecule has 1 unspecified atom stereocenters. The van der Waals surface area contributed by atoms with Gasteiger partial charge >= 0.3 is 0 Å². The van der Waals surface area contributed by atoms with E-state index in [-0.39, 0.29) is 26.1 Å². The van der Waals surface area contributed by atoms with E-state index in [0.29, 0.717) is 0 Å². The van der Waals surface area contributed by atoms with Crippen molar-refractivity contribution in [3.63, 3.8) is 0 Å². The Balaban J connectivity index is 2.46. The van der Waals surface area contributed by atoms with Gasteiger partial charge in [-0.3, -0.25) is 0 Å². The van der Waals surface area contributed by atoms with Gasteiger partial charge in [-0.05, 0) is 6.08 Å². The second-order valence-electron chi connectivity index (χ2n) is 3.16. The summed E-state index contributed by atoms with van der Waals surface area (Å²) in [5, 5.41) is 9.13. The topological polar surface area (TPSA) is 57.2 Å². The predicted molar refractivity (Wildman–Crippen MR) is 56.4 cm³/mol. The summed E-state index contributed by atoms with van der Waals surface area (Å²) < 4.78 is 20.7. The smallest absolute Gasteiger partial charge is 0.178 e. The van der Waals surface area contributed by atoms with Crippen molar-refractivity contribution in [3.8, 4) is 12.3 Å². The molecule has 1 aliphatic rings. The number of ether oxygens (including phenoxy) is 4. The van der Waals surface area contributed by atoms with E-state index < -0.39 is 12.4 Å². The quantitative estimate of drug-likeness (QED) is 0.391. The molecule has 0 radical (unpaired) electrons. The van der Waals surface area contributed by atoms with Crippen molar-refractivity contribution < 1.29 is 24.1 Å². The number of rotatable bonds is 6.